The number of nitrogens with two attached hydrogens (primary N) is 1. The van der Waals surface area contributed by atoms with E-state index in [2.05, 4.69) is 26.0 Å². The monoisotopic (exact) mass is 774 g/mol. The SMILES string of the molecule is CCCCCCCC/C=C\CCCCCCCC(=O)O[C@H](CO/C=C\CCCCCCCCCCCCCCCC)COP(=O)(O)OC[C@H](N)C(=O)O. The molecular weight excluding hydrogens is 693 g/mol. The molecule has 0 spiro atoms. The zero-order valence-electron chi connectivity index (χ0n) is 33.9. The fourth-order valence-electron chi connectivity index (χ4n) is 5.92. The van der Waals surface area contributed by atoms with E-state index in [-0.39, 0.29) is 13.0 Å². The van der Waals surface area contributed by atoms with Gasteiger partial charge >= 0.3 is 19.8 Å². The Bertz CT molecular complexity index is 946. The summed E-state index contributed by atoms with van der Waals surface area (Å²) in [6.45, 7) is 3.27. The molecular formula is C42H80NO9P. The Morgan fingerprint density at radius 2 is 0.981 bits per heavy atom. The van der Waals surface area contributed by atoms with Gasteiger partial charge in [0.05, 0.1) is 19.5 Å². The maximum Gasteiger partial charge on any atom is 0.472 e. The Morgan fingerprint density at radius 1 is 0.585 bits per heavy atom. The number of phosphoric acid groups is 1. The van der Waals surface area contributed by atoms with E-state index < -0.39 is 45.1 Å². The second-order valence-electron chi connectivity index (χ2n) is 14.5. The van der Waals surface area contributed by atoms with Crippen LogP contribution in [-0.2, 0) is 32.7 Å². The summed E-state index contributed by atoms with van der Waals surface area (Å²) in [5.41, 5.74) is 5.34. The zero-order valence-corrected chi connectivity index (χ0v) is 34.8. The molecule has 53 heavy (non-hydrogen) atoms. The molecule has 312 valence electrons. The summed E-state index contributed by atoms with van der Waals surface area (Å²) in [5.74, 6) is -1.81. The van der Waals surface area contributed by atoms with Crippen molar-refractivity contribution < 1.29 is 42.7 Å². The van der Waals surface area contributed by atoms with E-state index >= 15 is 0 Å². The average Bonchev–Trinajstić information content (AvgIpc) is 3.13. The number of carbonyl (C=O) groups is 2. The van der Waals surface area contributed by atoms with E-state index in [9.17, 15) is 19.0 Å². The largest absolute Gasteiger partial charge is 0.498 e. The Balaban J connectivity index is 4.30. The van der Waals surface area contributed by atoms with Gasteiger partial charge in [0.25, 0.3) is 0 Å². The second kappa shape index (κ2) is 38.6. The third kappa shape index (κ3) is 38.4. The van der Waals surface area contributed by atoms with E-state index in [1.165, 1.54) is 128 Å². The van der Waals surface area contributed by atoms with Crippen molar-refractivity contribution in [3.05, 3.63) is 24.5 Å². The Hall–Kier alpha value is -1.71. The van der Waals surface area contributed by atoms with Gasteiger partial charge in [0.2, 0.25) is 0 Å². The number of carboxylic acids is 1. The highest BCUT2D eigenvalue weighted by molar-refractivity contribution is 7.47. The van der Waals surface area contributed by atoms with Crippen LogP contribution in [0.25, 0.3) is 0 Å². The van der Waals surface area contributed by atoms with Crippen molar-refractivity contribution in [2.75, 3.05) is 19.8 Å². The van der Waals surface area contributed by atoms with Gasteiger partial charge in [0.1, 0.15) is 12.6 Å². The first-order valence-corrected chi connectivity index (χ1v) is 22.9. The lowest BCUT2D eigenvalue weighted by atomic mass is 10.0. The summed E-state index contributed by atoms with van der Waals surface area (Å²) in [7, 11) is -4.63. The van der Waals surface area contributed by atoms with Gasteiger partial charge in [-0.05, 0) is 51.0 Å². The van der Waals surface area contributed by atoms with Crippen LogP contribution in [0, 0.1) is 0 Å². The quantitative estimate of drug-likeness (QED) is 0.0180. The molecule has 11 heteroatoms. The minimum absolute atomic E-state index is 0.0675. The number of unbranched alkanes of at least 4 members (excludes halogenated alkanes) is 25. The van der Waals surface area contributed by atoms with Crippen molar-refractivity contribution in [1.29, 1.82) is 0 Å². The molecule has 0 saturated heterocycles. The molecule has 0 aliphatic carbocycles. The van der Waals surface area contributed by atoms with Gasteiger partial charge in [-0.2, -0.15) is 0 Å². The Kier molecular flexibility index (Phi) is 37.3. The average molecular weight is 774 g/mol. The number of carboxylic acid groups (broad SMARTS) is 1. The molecule has 0 bridgehead atoms. The first kappa shape index (κ1) is 51.3. The van der Waals surface area contributed by atoms with Crippen LogP contribution >= 0.6 is 7.82 Å². The number of hydrogen-bond donors (Lipinski definition) is 3. The van der Waals surface area contributed by atoms with Crippen molar-refractivity contribution in [3.8, 4) is 0 Å². The van der Waals surface area contributed by atoms with Crippen LogP contribution in [0.3, 0.4) is 0 Å². The van der Waals surface area contributed by atoms with E-state index in [0.29, 0.717) is 6.42 Å². The summed E-state index contributed by atoms with van der Waals surface area (Å²) in [4.78, 5) is 33.5. The Labute approximate surface area is 324 Å². The van der Waals surface area contributed by atoms with Gasteiger partial charge in [-0.3, -0.25) is 18.6 Å². The van der Waals surface area contributed by atoms with Crippen molar-refractivity contribution in [3.63, 3.8) is 0 Å². The molecule has 1 unspecified atom stereocenters. The first-order chi connectivity index (χ1) is 25.7. The number of rotatable bonds is 41. The minimum atomic E-state index is -4.63. The number of aliphatic carboxylic acids is 1. The molecule has 3 atom stereocenters. The predicted octanol–water partition coefficient (Wildman–Crippen LogP) is 11.9. The highest BCUT2D eigenvalue weighted by Gasteiger charge is 2.27. The van der Waals surface area contributed by atoms with Crippen LogP contribution in [0.5, 0.6) is 0 Å². The van der Waals surface area contributed by atoms with E-state index in [1.54, 1.807) is 6.26 Å². The lowest BCUT2D eigenvalue weighted by Crippen LogP contribution is -2.34. The van der Waals surface area contributed by atoms with Gasteiger partial charge in [0.15, 0.2) is 6.10 Å². The van der Waals surface area contributed by atoms with Crippen LogP contribution in [-0.4, -0.2) is 53.9 Å². The summed E-state index contributed by atoms with van der Waals surface area (Å²) >= 11 is 0. The standard InChI is InChI=1S/C42H80NO9P/c1-3-5-7-9-11-13-15-17-19-21-23-25-27-29-31-33-35-49-36-39(37-50-53(47,48)51-38-40(43)42(45)46)52-41(44)34-32-30-28-26-24-22-20-18-16-14-12-10-8-6-4-2/h18,20,33,35,39-40H,3-17,19,21-32,34,36-38,43H2,1-2H3,(H,45,46)(H,47,48)/b20-18-,35-33-/t39-,40+/m1/s1. The van der Waals surface area contributed by atoms with Crippen LogP contribution in [0.15, 0.2) is 24.5 Å². The summed E-state index contributed by atoms with van der Waals surface area (Å²) in [5, 5.41) is 8.88. The molecule has 0 aromatic heterocycles. The lowest BCUT2D eigenvalue weighted by molar-refractivity contribution is -0.153. The number of phosphoric ester groups is 1. The van der Waals surface area contributed by atoms with Crippen LogP contribution in [0.1, 0.15) is 200 Å². The fraction of sp³-hybridized carbons (Fsp3) is 0.857. The molecule has 4 N–H and O–H groups in total. The van der Waals surface area contributed by atoms with Crippen molar-refractivity contribution in [2.24, 2.45) is 5.73 Å². The fourth-order valence-corrected chi connectivity index (χ4v) is 6.70. The topological polar surface area (TPSA) is 155 Å². The molecule has 0 amide bonds. The number of ether oxygens (including phenoxy) is 2. The number of esters is 1. The summed E-state index contributed by atoms with van der Waals surface area (Å²) in [6.07, 6.45) is 41.7. The Morgan fingerprint density at radius 3 is 1.43 bits per heavy atom. The highest BCUT2D eigenvalue weighted by Crippen LogP contribution is 2.43. The summed E-state index contributed by atoms with van der Waals surface area (Å²) in [6, 6.07) is -1.48. The maximum atomic E-state index is 12.6. The summed E-state index contributed by atoms with van der Waals surface area (Å²) < 4.78 is 33.1. The molecule has 0 aliphatic heterocycles. The van der Waals surface area contributed by atoms with Crippen LogP contribution in [0.4, 0.5) is 0 Å². The molecule has 0 saturated carbocycles. The molecule has 0 fully saturated rings. The van der Waals surface area contributed by atoms with Gasteiger partial charge in [-0.15, -0.1) is 0 Å². The van der Waals surface area contributed by atoms with Gasteiger partial charge in [-0.1, -0.05) is 161 Å². The first-order valence-electron chi connectivity index (χ1n) is 21.4. The van der Waals surface area contributed by atoms with Crippen LogP contribution in [0.2, 0.25) is 0 Å². The third-order valence-corrected chi connectivity index (χ3v) is 10.2. The van der Waals surface area contributed by atoms with E-state index in [4.69, 9.17) is 29.4 Å². The van der Waals surface area contributed by atoms with E-state index in [1.807, 2.05) is 6.08 Å². The van der Waals surface area contributed by atoms with Crippen molar-refractivity contribution in [1.82, 2.24) is 0 Å². The molecule has 0 aromatic carbocycles. The van der Waals surface area contributed by atoms with Gasteiger partial charge in [-0.25, -0.2) is 4.57 Å². The highest BCUT2D eigenvalue weighted by atomic mass is 31.2. The second-order valence-corrected chi connectivity index (χ2v) is 16.0. The molecule has 0 heterocycles. The van der Waals surface area contributed by atoms with E-state index in [0.717, 1.165) is 44.9 Å². The van der Waals surface area contributed by atoms with Gasteiger partial charge in [0, 0.05) is 6.42 Å². The maximum absolute atomic E-state index is 12.6. The molecule has 0 radical (unpaired) electrons. The predicted molar refractivity (Wildman–Crippen MR) is 217 cm³/mol. The normalized spacial score (nSPS) is 14.1. The smallest absolute Gasteiger partial charge is 0.472 e. The minimum Gasteiger partial charge on any atom is -0.498 e. The van der Waals surface area contributed by atoms with Crippen molar-refractivity contribution >= 4 is 19.8 Å². The number of hydrogen-bond acceptors (Lipinski definition) is 8. The van der Waals surface area contributed by atoms with Crippen LogP contribution < -0.4 is 5.73 Å². The van der Waals surface area contributed by atoms with Crippen molar-refractivity contribution in [2.45, 2.75) is 212 Å². The number of allylic oxidation sites excluding steroid dienone is 3. The number of carbonyl (C=O) groups excluding carboxylic acids is 1. The third-order valence-electron chi connectivity index (χ3n) is 9.30. The molecule has 0 rings (SSSR count). The lowest BCUT2D eigenvalue weighted by Gasteiger charge is -2.20. The molecule has 10 nitrogen and oxygen atoms in total. The zero-order chi connectivity index (χ0) is 39.1. The molecule has 0 aromatic rings. The molecule has 0 aliphatic rings. The van der Waals surface area contributed by atoms with Gasteiger partial charge < -0.3 is 25.2 Å².